The van der Waals surface area contributed by atoms with Crippen molar-refractivity contribution in [3.8, 4) is 0 Å². The first-order valence-corrected chi connectivity index (χ1v) is 5.20. The standard InChI is InChI=1S/C11H25N/c1-6-10(2)8-7-9-12-11(3,4)5/h10,12H,6-9H2,1-5H3. The first-order chi connectivity index (χ1) is 5.45. The summed E-state index contributed by atoms with van der Waals surface area (Å²) in [5.41, 5.74) is 0.287. The highest BCUT2D eigenvalue weighted by Gasteiger charge is 2.07. The molecule has 74 valence electrons. The lowest BCUT2D eigenvalue weighted by molar-refractivity contribution is 0.399. The van der Waals surface area contributed by atoms with Crippen LogP contribution in [0.2, 0.25) is 0 Å². The van der Waals surface area contributed by atoms with E-state index in [1.807, 2.05) is 0 Å². The van der Waals surface area contributed by atoms with E-state index in [9.17, 15) is 0 Å². The molecule has 0 spiro atoms. The fraction of sp³-hybridized carbons (Fsp3) is 1.00. The summed E-state index contributed by atoms with van der Waals surface area (Å²) in [5.74, 6) is 0.895. The van der Waals surface area contributed by atoms with Crippen LogP contribution in [0.5, 0.6) is 0 Å². The van der Waals surface area contributed by atoms with Crippen LogP contribution in [0.3, 0.4) is 0 Å². The van der Waals surface area contributed by atoms with Crippen molar-refractivity contribution in [1.82, 2.24) is 5.32 Å². The number of hydrogen-bond acceptors (Lipinski definition) is 1. The molecule has 0 aromatic heterocycles. The Balaban J connectivity index is 3.22. The van der Waals surface area contributed by atoms with Crippen LogP contribution in [0.1, 0.15) is 53.9 Å². The maximum atomic E-state index is 3.50. The normalized spacial score (nSPS) is 14.8. The van der Waals surface area contributed by atoms with Gasteiger partial charge in [0, 0.05) is 5.54 Å². The molecule has 0 aliphatic rings. The molecule has 0 aromatic rings. The molecule has 0 fully saturated rings. The fourth-order valence-corrected chi connectivity index (χ4v) is 1.12. The van der Waals surface area contributed by atoms with Crippen LogP contribution in [-0.4, -0.2) is 12.1 Å². The molecule has 0 aliphatic carbocycles. The second-order valence-corrected chi connectivity index (χ2v) is 4.83. The minimum Gasteiger partial charge on any atom is -0.312 e. The molecule has 0 heterocycles. The molecule has 1 nitrogen and oxygen atoms in total. The van der Waals surface area contributed by atoms with Crippen molar-refractivity contribution in [2.75, 3.05) is 6.54 Å². The Morgan fingerprint density at radius 3 is 2.25 bits per heavy atom. The largest absolute Gasteiger partial charge is 0.312 e. The van der Waals surface area contributed by atoms with Gasteiger partial charge < -0.3 is 5.32 Å². The second kappa shape index (κ2) is 5.58. The molecule has 12 heavy (non-hydrogen) atoms. The summed E-state index contributed by atoms with van der Waals surface area (Å²) in [6.07, 6.45) is 3.99. The molecule has 1 unspecified atom stereocenters. The Morgan fingerprint density at radius 1 is 1.25 bits per heavy atom. The lowest BCUT2D eigenvalue weighted by Crippen LogP contribution is -2.36. The summed E-state index contributed by atoms with van der Waals surface area (Å²) in [5, 5.41) is 3.50. The molecule has 0 saturated carbocycles. The zero-order chi connectivity index (χ0) is 9.61. The highest BCUT2D eigenvalue weighted by molar-refractivity contribution is 4.69. The highest BCUT2D eigenvalue weighted by atomic mass is 14.9. The van der Waals surface area contributed by atoms with Crippen molar-refractivity contribution in [2.24, 2.45) is 5.92 Å². The van der Waals surface area contributed by atoms with Gasteiger partial charge in [-0.25, -0.2) is 0 Å². The zero-order valence-electron chi connectivity index (χ0n) is 9.41. The van der Waals surface area contributed by atoms with Gasteiger partial charge in [-0.2, -0.15) is 0 Å². The van der Waals surface area contributed by atoms with E-state index >= 15 is 0 Å². The predicted octanol–water partition coefficient (Wildman–Crippen LogP) is 3.20. The van der Waals surface area contributed by atoms with Gasteiger partial charge in [-0.3, -0.25) is 0 Å². The molecule has 0 radical (unpaired) electrons. The van der Waals surface area contributed by atoms with Crippen LogP contribution in [0.4, 0.5) is 0 Å². The summed E-state index contributed by atoms with van der Waals surface area (Å²) < 4.78 is 0. The van der Waals surface area contributed by atoms with Gasteiger partial charge in [0.15, 0.2) is 0 Å². The van der Waals surface area contributed by atoms with E-state index in [1.54, 1.807) is 0 Å². The van der Waals surface area contributed by atoms with E-state index in [0.717, 1.165) is 12.5 Å². The van der Waals surface area contributed by atoms with E-state index in [-0.39, 0.29) is 5.54 Å². The van der Waals surface area contributed by atoms with Crippen LogP contribution in [-0.2, 0) is 0 Å². The molecular formula is C11H25N. The van der Waals surface area contributed by atoms with E-state index < -0.39 is 0 Å². The lowest BCUT2D eigenvalue weighted by atomic mass is 10.0. The first kappa shape index (κ1) is 12.0. The minimum absolute atomic E-state index is 0.287. The molecule has 1 atom stereocenters. The molecule has 0 rings (SSSR count). The third-order valence-electron chi connectivity index (χ3n) is 2.23. The summed E-state index contributed by atoms with van der Waals surface area (Å²) in [6.45, 7) is 12.4. The van der Waals surface area contributed by atoms with Crippen molar-refractivity contribution < 1.29 is 0 Å². The van der Waals surface area contributed by atoms with E-state index in [2.05, 4.69) is 39.9 Å². The van der Waals surface area contributed by atoms with Crippen LogP contribution in [0.25, 0.3) is 0 Å². The Labute approximate surface area is 77.9 Å². The number of nitrogens with one attached hydrogen (secondary N) is 1. The SMILES string of the molecule is CCC(C)CCCNC(C)(C)C. The average Bonchev–Trinajstić information content (AvgIpc) is 1.96. The van der Waals surface area contributed by atoms with Gasteiger partial charge in [-0.15, -0.1) is 0 Å². The van der Waals surface area contributed by atoms with Gasteiger partial charge >= 0.3 is 0 Å². The molecule has 0 aliphatic heterocycles. The Hall–Kier alpha value is -0.0400. The molecule has 1 heteroatoms. The predicted molar refractivity (Wildman–Crippen MR) is 56.4 cm³/mol. The third kappa shape index (κ3) is 8.06. The smallest absolute Gasteiger partial charge is 0.00965 e. The molecule has 0 saturated heterocycles. The Bertz CT molecular complexity index is 102. The van der Waals surface area contributed by atoms with Crippen LogP contribution in [0.15, 0.2) is 0 Å². The van der Waals surface area contributed by atoms with Crippen LogP contribution >= 0.6 is 0 Å². The topological polar surface area (TPSA) is 12.0 Å². The van der Waals surface area contributed by atoms with E-state index in [0.29, 0.717) is 0 Å². The summed E-state index contributed by atoms with van der Waals surface area (Å²) in [6, 6.07) is 0. The van der Waals surface area contributed by atoms with Crippen molar-refractivity contribution in [1.29, 1.82) is 0 Å². The maximum absolute atomic E-state index is 3.50. The van der Waals surface area contributed by atoms with Crippen molar-refractivity contribution in [2.45, 2.75) is 59.4 Å². The highest BCUT2D eigenvalue weighted by Crippen LogP contribution is 2.09. The Kier molecular flexibility index (Phi) is 5.56. The third-order valence-corrected chi connectivity index (χ3v) is 2.23. The minimum atomic E-state index is 0.287. The Morgan fingerprint density at radius 2 is 1.83 bits per heavy atom. The van der Waals surface area contributed by atoms with Gasteiger partial charge in [-0.05, 0) is 46.1 Å². The summed E-state index contributed by atoms with van der Waals surface area (Å²) in [7, 11) is 0. The van der Waals surface area contributed by atoms with E-state index in [4.69, 9.17) is 0 Å². The fourth-order valence-electron chi connectivity index (χ4n) is 1.12. The van der Waals surface area contributed by atoms with Gasteiger partial charge in [0.2, 0.25) is 0 Å². The van der Waals surface area contributed by atoms with Crippen molar-refractivity contribution in [3.05, 3.63) is 0 Å². The first-order valence-electron chi connectivity index (χ1n) is 5.20. The molecule has 0 amide bonds. The van der Waals surface area contributed by atoms with Gasteiger partial charge in [-0.1, -0.05) is 20.3 Å². The van der Waals surface area contributed by atoms with E-state index in [1.165, 1.54) is 19.3 Å². The van der Waals surface area contributed by atoms with Crippen molar-refractivity contribution in [3.63, 3.8) is 0 Å². The lowest BCUT2D eigenvalue weighted by Gasteiger charge is -2.20. The van der Waals surface area contributed by atoms with Gasteiger partial charge in [0.05, 0.1) is 0 Å². The quantitative estimate of drug-likeness (QED) is 0.626. The number of hydrogen-bond donors (Lipinski definition) is 1. The van der Waals surface area contributed by atoms with Gasteiger partial charge in [0.1, 0.15) is 0 Å². The number of rotatable bonds is 5. The zero-order valence-corrected chi connectivity index (χ0v) is 9.41. The second-order valence-electron chi connectivity index (χ2n) is 4.83. The van der Waals surface area contributed by atoms with Crippen LogP contribution < -0.4 is 5.32 Å². The molecule has 0 bridgehead atoms. The molecule has 0 aromatic carbocycles. The summed E-state index contributed by atoms with van der Waals surface area (Å²) >= 11 is 0. The average molecular weight is 171 g/mol. The van der Waals surface area contributed by atoms with Gasteiger partial charge in [0.25, 0.3) is 0 Å². The van der Waals surface area contributed by atoms with Crippen LogP contribution in [0, 0.1) is 5.92 Å². The molecular weight excluding hydrogens is 146 g/mol. The molecule has 1 N–H and O–H groups in total. The maximum Gasteiger partial charge on any atom is 0.00965 e. The monoisotopic (exact) mass is 171 g/mol. The van der Waals surface area contributed by atoms with Crippen molar-refractivity contribution >= 4 is 0 Å². The summed E-state index contributed by atoms with van der Waals surface area (Å²) in [4.78, 5) is 0.